The third-order valence-corrected chi connectivity index (χ3v) is 9.29. The summed E-state index contributed by atoms with van der Waals surface area (Å²) in [7, 11) is 3.20. The zero-order valence-corrected chi connectivity index (χ0v) is 27.6. The predicted octanol–water partition coefficient (Wildman–Crippen LogP) is 6.61. The van der Waals surface area contributed by atoms with E-state index in [2.05, 4.69) is 15.3 Å². The van der Waals surface area contributed by atoms with Crippen LogP contribution in [0.3, 0.4) is 0 Å². The number of hydrogen-bond acceptors (Lipinski definition) is 8. The highest BCUT2D eigenvalue weighted by molar-refractivity contribution is 7.14. The van der Waals surface area contributed by atoms with Gasteiger partial charge in [0.25, 0.3) is 5.91 Å². The summed E-state index contributed by atoms with van der Waals surface area (Å²) >= 11 is 7.83. The van der Waals surface area contributed by atoms with Gasteiger partial charge in [0.1, 0.15) is 11.4 Å². The summed E-state index contributed by atoms with van der Waals surface area (Å²) in [6.45, 7) is 3.75. The first kappa shape index (κ1) is 32.0. The molecule has 240 valence electrons. The summed E-state index contributed by atoms with van der Waals surface area (Å²) in [5.74, 6) is -0.620. The molecule has 12 heteroatoms. The highest BCUT2D eigenvalue weighted by atomic mass is 35.5. The van der Waals surface area contributed by atoms with Crippen molar-refractivity contribution in [2.75, 3.05) is 30.9 Å². The van der Waals surface area contributed by atoms with E-state index in [4.69, 9.17) is 21.1 Å². The molecule has 0 saturated heterocycles. The summed E-state index contributed by atoms with van der Waals surface area (Å²) in [6, 6.07) is 25.0. The molecule has 0 radical (unpaired) electrons. The predicted molar refractivity (Wildman–Crippen MR) is 182 cm³/mol. The lowest BCUT2D eigenvalue weighted by Crippen LogP contribution is -2.29. The molecule has 2 aromatic heterocycles. The Morgan fingerprint density at radius 3 is 2.47 bits per heavy atom. The number of ether oxygens (including phenoxy) is 2. The standard InChI is InChI=1S/C35H32ClN5O5S/c1-22(42)37-25-8-10-26(11-9-25)39(2)34(43)31-19-30(38-41(31)27-12-14-28(45-3)15-13-27)35(44)46-33-18-24-21-40(17-16-32(24)47-33)20-23-6-4-5-7-29(23)36/h4-15,18-19H,16-17,20-21H2,1-3H3,(H,37,42). The Morgan fingerprint density at radius 2 is 1.77 bits per heavy atom. The molecule has 3 aromatic carbocycles. The van der Waals surface area contributed by atoms with Crippen molar-refractivity contribution in [1.82, 2.24) is 14.7 Å². The third-order valence-electron chi connectivity index (χ3n) is 7.80. The lowest BCUT2D eigenvalue weighted by atomic mass is 10.1. The van der Waals surface area contributed by atoms with E-state index >= 15 is 0 Å². The number of hydrogen-bond donors (Lipinski definition) is 1. The fraction of sp³-hybridized carbons (Fsp3) is 0.200. The minimum absolute atomic E-state index is 0.00899. The van der Waals surface area contributed by atoms with Crippen LogP contribution in [0.15, 0.2) is 84.9 Å². The number of methoxy groups -OCH3 is 1. The number of anilines is 2. The molecule has 0 saturated carbocycles. The van der Waals surface area contributed by atoms with Gasteiger partial charge < -0.3 is 19.7 Å². The van der Waals surface area contributed by atoms with Crippen molar-refractivity contribution < 1.29 is 23.9 Å². The van der Waals surface area contributed by atoms with Crippen LogP contribution in [0.4, 0.5) is 11.4 Å². The van der Waals surface area contributed by atoms with Gasteiger partial charge in [-0.25, -0.2) is 9.48 Å². The summed E-state index contributed by atoms with van der Waals surface area (Å²) in [5.41, 5.74) is 4.10. The van der Waals surface area contributed by atoms with Gasteiger partial charge in [0.05, 0.1) is 12.8 Å². The highest BCUT2D eigenvalue weighted by Crippen LogP contribution is 2.35. The van der Waals surface area contributed by atoms with Crippen LogP contribution in [-0.4, -0.2) is 53.2 Å². The van der Waals surface area contributed by atoms with Gasteiger partial charge in [0.2, 0.25) is 5.91 Å². The molecule has 1 aliphatic rings. The van der Waals surface area contributed by atoms with E-state index in [-0.39, 0.29) is 17.3 Å². The summed E-state index contributed by atoms with van der Waals surface area (Å²) < 4.78 is 12.5. The Bertz CT molecular complexity index is 1940. The smallest absolute Gasteiger partial charge is 0.365 e. The van der Waals surface area contributed by atoms with E-state index in [0.717, 1.165) is 42.2 Å². The van der Waals surface area contributed by atoms with Crippen LogP contribution in [0, 0.1) is 0 Å². The average molecular weight is 670 g/mol. The number of fused-ring (bicyclic) bond motifs is 1. The molecule has 2 amide bonds. The molecule has 1 N–H and O–H groups in total. The second-order valence-corrected chi connectivity index (χ2v) is 12.6. The van der Waals surface area contributed by atoms with Crippen LogP contribution >= 0.6 is 22.9 Å². The molecular weight excluding hydrogens is 638 g/mol. The molecule has 3 heterocycles. The molecule has 0 aliphatic carbocycles. The topological polar surface area (TPSA) is 106 Å². The van der Waals surface area contributed by atoms with Crippen molar-refractivity contribution in [3.63, 3.8) is 0 Å². The van der Waals surface area contributed by atoms with E-state index in [1.54, 1.807) is 62.7 Å². The number of benzene rings is 3. The molecule has 47 heavy (non-hydrogen) atoms. The van der Waals surface area contributed by atoms with Crippen LogP contribution in [0.25, 0.3) is 5.69 Å². The zero-order chi connectivity index (χ0) is 33.1. The minimum Gasteiger partial charge on any atom is -0.497 e. The maximum Gasteiger partial charge on any atom is 0.365 e. The van der Waals surface area contributed by atoms with E-state index in [1.165, 1.54) is 38.8 Å². The van der Waals surface area contributed by atoms with Crippen LogP contribution in [-0.2, 0) is 24.3 Å². The Morgan fingerprint density at radius 1 is 1.02 bits per heavy atom. The van der Waals surface area contributed by atoms with Gasteiger partial charge in [0.15, 0.2) is 10.8 Å². The van der Waals surface area contributed by atoms with Crippen molar-refractivity contribution in [2.24, 2.45) is 0 Å². The molecule has 5 aromatic rings. The van der Waals surface area contributed by atoms with Crippen molar-refractivity contribution in [2.45, 2.75) is 26.4 Å². The molecule has 0 bridgehead atoms. The SMILES string of the molecule is COc1ccc(-n2nc(C(=O)Oc3cc4c(s3)CCN(Cc3ccccc3Cl)C4)cc2C(=O)N(C)c2ccc(NC(C)=O)cc2)cc1. The van der Waals surface area contributed by atoms with Crippen molar-refractivity contribution >= 4 is 52.1 Å². The average Bonchev–Trinajstić information content (AvgIpc) is 3.69. The molecule has 0 atom stereocenters. The number of nitrogens with zero attached hydrogens (tertiary/aromatic N) is 4. The van der Waals surface area contributed by atoms with E-state index in [0.29, 0.717) is 27.9 Å². The zero-order valence-electron chi connectivity index (χ0n) is 26.0. The second kappa shape index (κ2) is 13.8. The third kappa shape index (κ3) is 7.22. The Kier molecular flexibility index (Phi) is 9.39. The highest BCUT2D eigenvalue weighted by Gasteiger charge is 2.26. The van der Waals surface area contributed by atoms with Gasteiger partial charge in [-0.05, 0) is 78.2 Å². The first-order valence-corrected chi connectivity index (χ1v) is 16.1. The number of aromatic nitrogens is 2. The maximum absolute atomic E-state index is 13.8. The molecule has 10 nitrogen and oxygen atoms in total. The monoisotopic (exact) mass is 669 g/mol. The van der Waals surface area contributed by atoms with Crippen molar-refractivity contribution in [3.05, 3.63) is 117 Å². The Balaban J connectivity index is 1.23. The number of carbonyl (C=O) groups is 3. The van der Waals surface area contributed by atoms with Crippen molar-refractivity contribution in [1.29, 1.82) is 0 Å². The number of rotatable bonds is 9. The van der Waals surface area contributed by atoms with Crippen LogP contribution < -0.4 is 19.7 Å². The van der Waals surface area contributed by atoms with Gasteiger partial charge in [-0.15, -0.1) is 11.3 Å². The summed E-state index contributed by atoms with van der Waals surface area (Å²) in [5, 5.41) is 8.45. The molecule has 6 rings (SSSR count). The van der Waals surface area contributed by atoms with E-state index in [1.807, 2.05) is 30.3 Å². The van der Waals surface area contributed by atoms with Gasteiger partial charge >= 0.3 is 5.97 Å². The molecule has 0 spiro atoms. The Hall–Kier alpha value is -4.97. The van der Waals surface area contributed by atoms with E-state index in [9.17, 15) is 14.4 Å². The molecule has 0 fully saturated rings. The van der Waals surface area contributed by atoms with Crippen LogP contribution in [0.2, 0.25) is 5.02 Å². The van der Waals surface area contributed by atoms with Gasteiger partial charge in [0, 0.05) is 60.9 Å². The minimum atomic E-state index is -0.667. The lowest BCUT2D eigenvalue weighted by Gasteiger charge is -2.26. The van der Waals surface area contributed by atoms with Gasteiger partial charge in [-0.1, -0.05) is 29.8 Å². The Labute approximate surface area is 281 Å². The van der Waals surface area contributed by atoms with Gasteiger partial charge in [-0.2, -0.15) is 5.10 Å². The summed E-state index contributed by atoms with van der Waals surface area (Å²) in [4.78, 5) is 43.7. The normalized spacial score (nSPS) is 12.7. The molecule has 1 aliphatic heterocycles. The fourth-order valence-electron chi connectivity index (χ4n) is 5.37. The fourth-order valence-corrected chi connectivity index (χ4v) is 6.58. The number of thiophene rings is 1. The summed E-state index contributed by atoms with van der Waals surface area (Å²) in [6.07, 6.45) is 0.838. The first-order valence-electron chi connectivity index (χ1n) is 14.9. The molecule has 0 unspecified atom stereocenters. The largest absolute Gasteiger partial charge is 0.497 e. The maximum atomic E-state index is 13.8. The number of nitrogens with one attached hydrogen (secondary N) is 1. The number of carbonyl (C=O) groups excluding carboxylic acids is 3. The van der Waals surface area contributed by atoms with Crippen LogP contribution in [0.1, 0.15) is 43.9 Å². The van der Waals surface area contributed by atoms with Crippen molar-refractivity contribution in [3.8, 4) is 16.5 Å². The number of esters is 1. The molecular formula is C35H32ClN5O5S. The second-order valence-electron chi connectivity index (χ2n) is 11.1. The van der Waals surface area contributed by atoms with E-state index < -0.39 is 11.9 Å². The van der Waals surface area contributed by atoms with Gasteiger partial charge in [-0.3, -0.25) is 14.5 Å². The number of halogens is 1. The number of amides is 2. The quantitative estimate of drug-likeness (QED) is 0.176. The first-order chi connectivity index (χ1) is 22.7. The van der Waals surface area contributed by atoms with Crippen LogP contribution in [0.5, 0.6) is 10.8 Å². The lowest BCUT2D eigenvalue weighted by molar-refractivity contribution is -0.114.